The minimum atomic E-state index is -3.67. The molecule has 4 rings (SSSR count). The van der Waals surface area contributed by atoms with Crippen LogP contribution in [0.25, 0.3) is 6.08 Å². The lowest BCUT2D eigenvalue weighted by Gasteiger charge is -2.20. The maximum absolute atomic E-state index is 13.1. The average molecular weight is 539 g/mol. The van der Waals surface area contributed by atoms with Crippen molar-refractivity contribution in [2.75, 3.05) is 5.32 Å². The Labute approximate surface area is 217 Å². The van der Waals surface area contributed by atoms with Crippen LogP contribution in [0, 0.1) is 24.0 Å². The second kappa shape index (κ2) is 10.2. The van der Waals surface area contributed by atoms with Crippen LogP contribution in [0.1, 0.15) is 29.2 Å². The van der Waals surface area contributed by atoms with E-state index in [1.54, 1.807) is 6.07 Å². The van der Waals surface area contributed by atoms with Gasteiger partial charge in [-0.15, -0.1) is 0 Å². The predicted octanol–water partition coefficient (Wildman–Crippen LogP) is 5.20. The lowest BCUT2D eigenvalue weighted by molar-refractivity contribution is -0.385. The first-order valence-electron chi connectivity index (χ1n) is 11.0. The van der Waals surface area contributed by atoms with E-state index in [9.17, 15) is 28.1 Å². The summed E-state index contributed by atoms with van der Waals surface area (Å²) in [6.07, 6.45) is 1.47. The summed E-state index contributed by atoms with van der Waals surface area (Å²) in [5.74, 6) is -1.52. The SMILES string of the molecule is CC(=O)Oc1ccc(C=C2Sc3ccc(S(=O)(=O)Cc4c(C)cccc4C)cc3NC2=O)cc1[N+](=O)[O-]. The molecule has 3 aromatic carbocycles. The van der Waals surface area contributed by atoms with E-state index in [2.05, 4.69) is 5.32 Å². The molecule has 1 heterocycles. The second-order valence-corrected chi connectivity index (χ2v) is 11.5. The summed E-state index contributed by atoms with van der Waals surface area (Å²) in [5, 5.41) is 14.1. The van der Waals surface area contributed by atoms with Crippen LogP contribution < -0.4 is 10.1 Å². The molecule has 1 aliphatic rings. The molecule has 0 radical (unpaired) electrons. The zero-order valence-corrected chi connectivity index (χ0v) is 21.7. The molecule has 1 amide bonds. The van der Waals surface area contributed by atoms with Crippen LogP contribution in [0.5, 0.6) is 5.75 Å². The molecule has 0 aliphatic carbocycles. The highest BCUT2D eigenvalue weighted by Gasteiger charge is 2.25. The Morgan fingerprint density at radius 3 is 2.46 bits per heavy atom. The molecule has 0 saturated heterocycles. The van der Waals surface area contributed by atoms with Gasteiger partial charge in [0.25, 0.3) is 5.91 Å². The third-order valence-corrected chi connectivity index (χ3v) is 8.45. The number of benzene rings is 3. The van der Waals surface area contributed by atoms with Gasteiger partial charge in [-0.2, -0.15) is 0 Å². The number of carbonyl (C=O) groups excluding carboxylic acids is 2. The first-order chi connectivity index (χ1) is 17.4. The summed E-state index contributed by atoms with van der Waals surface area (Å²) in [4.78, 5) is 35.7. The van der Waals surface area contributed by atoms with E-state index in [1.807, 2.05) is 32.0 Å². The van der Waals surface area contributed by atoms with E-state index >= 15 is 0 Å². The molecular formula is C26H22N2O7S2. The van der Waals surface area contributed by atoms with Gasteiger partial charge in [-0.25, -0.2) is 8.42 Å². The van der Waals surface area contributed by atoms with Crippen molar-refractivity contribution in [1.29, 1.82) is 0 Å². The van der Waals surface area contributed by atoms with Gasteiger partial charge in [0.2, 0.25) is 5.75 Å². The van der Waals surface area contributed by atoms with Crippen LogP contribution in [-0.4, -0.2) is 25.2 Å². The van der Waals surface area contributed by atoms with Crippen molar-refractivity contribution in [3.63, 3.8) is 0 Å². The van der Waals surface area contributed by atoms with Gasteiger partial charge in [-0.3, -0.25) is 19.7 Å². The lowest BCUT2D eigenvalue weighted by atomic mass is 10.1. The van der Waals surface area contributed by atoms with Gasteiger partial charge in [0.05, 0.1) is 26.2 Å². The van der Waals surface area contributed by atoms with Crippen molar-refractivity contribution in [3.8, 4) is 5.75 Å². The van der Waals surface area contributed by atoms with E-state index in [1.165, 1.54) is 36.4 Å². The highest BCUT2D eigenvalue weighted by Crippen LogP contribution is 2.41. The largest absolute Gasteiger partial charge is 0.419 e. The number of nitrogens with zero attached hydrogens (tertiary/aromatic N) is 1. The van der Waals surface area contributed by atoms with Crippen molar-refractivity contribution >= 4 is 50.9 Å². The number of rotatable bonds is 6. The molecule has 0 atom stereocenters. The third kappa shape index (κ3) is 5.73. The molecule has 3 aromatic rings. The van der Waals surface area contributed by atoms with Gasteiger partial charge in [0, 0.05) is 17.9 Å². The molecule has 0 saturated carbocycles. The zero-order valence-electron chi connectivity index (χ0n) is 20.1. The molecule has 1 N–H and O–H groups in total. The van der Waals surface area contributed by atoms with Crippen LogP contribution >= 0.6 is 11.8 Å². The minimum absolute atomic E-state index is 0.0962. The molecule has 0 bridgehead atoms. The fourth-order valence-corrected chi connectivity index (χ4v) is 6.35. The van der Waals surface area contributed by atoms with Crippen LogP contribution in [0.15, 0.2) is 69.3 Å². The Balaban J connectivity index is 1.61. The number of thioether (sulfide) groups is 1. The number of nitro groups is 1. The first-order valence-corrected chi connectivity index (χ1v) is 13.5. The van der Waals surface area contributed by atoms with Crippen LogP contribution in [0.2, 0.25) is 0 Å². The Morgan fingerprint density at radius 1 is 1.11 bits per heavy atom. The molecule has 37 heavy (non-hydrogen) atoms. The Kier molecular flexibility index (Phi) is 7.19. The Hall–Kier alpha value is -3.96. The van der Waals surface area contributed by atoms with Crippen molar-refractivity contribution in [2.24, 2.45) is 0 Å². The van der Waals surface area contributed by atoms with E-state index < -0.39 is 32.3 Å². The Bertz CT molecular complexity index is 1570. The van der Waals surface area contributed by atoms with Crippen LogP contribution in [0.3, 0.4) is 0 Å². The van der Waals surface area contributed by atoms with Crippen LogP contribution in [0.4, 0.5) is 11.4 Å². The zero-order chi connectivity index (χ0) is 26.9. The number of anilines is 1. The van der Waals surface area contributed by atoms with E-state index in [4.69, 9.17) is 4.74 Å². The second-order valence-electron chi connectivity index (χ2n) is 8.43. The van der Waals surface area contributed by atoms with Crippen molar-refractivity contribution in [1.82, 2.24) is 0 Å². The number of hydrogen-bond acceptors (Lipinski definition) is 8. The standard InChI is InChI=1S/C26H22N2O7S2/c1-15-5-4-6-16(2)20(15)14-37(33,34)19-8-10-24-21(13-19)27-26(30)25(36-24)12-18-7-9-23(35-17(3)29)22(11-18)28(31)32/h4-13H,14H2,1-3H3,(H,27,30). The van der Waals surface area contributed by atoms with Gasteiger partial charge in [-0.1, -0.05) is 36.0 Å². The Morgan fingerprint density at radius 2 is 1.81 bits per heavy atom. The van der Waals surface area contributed by atoms with Gasteiger partial charge >= 0.3 is 11.7 Å². The number of fused-ring (bicyclic) bond motifs is 1. The van der Waals surface area contributed by atoms with E-state index in [-0.39, 0.29) is 21.3 Å². The maximum Gasteiger partial charge on any atom is 0.312 e. The number of aryl methyl sites for hydroxylation is 2. The van der Waals surface area contributed by atoms with E-state index in [0.717, 1.165) is 35.4 Å². The summed E-state index contributed by atoms with van der Waals surface area (Å²) in [6.45, 7) is 4.88. The molecule has 9 nitrogen and oxygen atoms in total. The summed E-state index contributed by atoms with van der Waals surface area (Å²) in [5.41, 5.74) is 2.84. The van der Waals surface area contributed by atoms with Crippen molar-refractivity contribution in [2.45, 2.75) is 36.3 Å². The molecule has 0 aromatic heterocycles. The smallest absolute Gasteiger partial charge is 0.312 e. The normalized spacial score (nSPS) is 14.1. The van der Waals surface area contributed by atoms with Gasteiger partial charge in [0.15, 0.2) is 9.84 Å². The number of esters is 1. The number of carbonyl (C=O) groups is 2. The quantitative estimate of drug-likeness (QED) is 0.149. The number of amides is 1. The molecule has 11 heteroatoms. The lowest BCUT2D eigenvalue weighted by Crippen LogP contribution is -2.18. The van der Waals surface area contributed by atoms with Gasteiger partial charge < -0.3 is 10.1 Å². The van der Waals surface area contributed by atoms with Crippen molar-refractivity contribution < 1.29 is 27.7 Å². The number of sulfone groups is 1. The van der Waals surface area contributed by atoms with Crippen LogP contribution in [-0.2, 0) is 25.2 Å². The fourth-order valence-electron chi connectivity index (χ4n) is 3.84. The monoisotopic (exact) mass is 538 g/mol. The van der Waals surface area contributed by atoms with E-state index in [0.29, 0.717) is 16.1 Å². The third-order valence-electron chi connectivity index (χ3n) is 5.71. The summed E-state index contributed by atoms with van der Waals surface area (Å²) in [6, 6.07) is 14.2. The minimum Gasteiger partial charge on any atom is -0.419 e. The average Bonchev–Trinajstić information content (AvgIpc) is 2.82. The topological polar surface area (TPSA) is 133 Å². The predicted molar refractivity (Wildman–Crippen MR) is 140 cm³/mol. The fraction of sp³-hybridized carbons (Fsp3) is 0.154. The number of nitro benzene ring substituents is 1. The summed E-state index contributed by atoms with van der Waals surface area (Å²) >= 11 is 1.12. The van der Waals surface area contributed by atoms with Gasteiger partial charge in [0.1, 0.15) is 0 Å². The molecular weight excluding hydrogens is 516 g/mol. The molecule has 1 aliphatic heterocycles. The van der Waals surface area contributed by atoms with Gasteiger partial charge in [-0.05, 0) is 66.4 Å². The summed E-state index contributed by atoms with van der Waals surface area (Å²) in [7, 11) is -3.67. The number of ether oxygens (including phenoxy) is 1. The summed E-state index contributed by atoms with van der Waals surface area (Å²) < 4.78 is 31.2. The maximum atomic E-state index is 13.1. The molecule has 0 fully saturated rings. The first kappa shape index (κ1) is 26.1. The molecule has 190 valence electrons. The highest BCUT2D eigenvalue weighted by atomic mass is 32.2. The molecule has 0 spiro atoms. The number of hydrogen-bond donors (Lipinski definition) is 1. The molecule has 0 unspecified atom stereocenters. The van der Waals surface area contributed by atoms with Crippen molar-refractivity contribution in [3.05, 3.63) is 91.9 Å². The number of nitrogens with one attached hydrogen (secondary N) is 1. The highest BCUT2D eigenvalue weighted by molar-refractivity contribution is 8.04.